The van der Waals surface area contributed by atoms with Crippen molar-refractivity contribution in [2.45, 2.75) is 6.92 Å². The maximum Gasteiger partial charge on any atom is 0.100 e. The predicted molar refractivity (Wildman–Crippen MR) is 66.0 cm³/mol. The minimum atomic E-state index is 0.592. The van der Waals surface area contributed by atoms with Crippen LogP contribution in [0.2, 0.25) is 0 Å². The second-order valence-corrected chi connectivity index (χ2v) is 3.77. The Kier molecular flexibility index (Phi) is 2.90. The fourth-order valence-electron chi connectivity index (χ4n) is 1.86. The Morgan fingerprint density at radius 1 is 0.824 bits per heavy atom. The Balaban J connectivity index is 2.75. The Morgan fingerprint density at radius 3 is 2.24 bits per heavy atom. The third kappa shape index (κ3) is 1.89. The lowest BCUT2D eigenvalue weighted by molar-refractivity contribution is 1.38. The van der Waals surface area contributed by atoms with Crippen LogP contribution in [-0.2, 0) is 0 Å². The van der Waals surface area contributed by atoms with Gasteiger partial charge in [0.05, 0.1) is 17.2 Å². The van der Waals surface area contributed by atoms with Crippen LogP contribution in [0.4, 0.5) is 0 Å². The van der Waals surface area contributed by atoms with Crippen LogP contribution in [0.3, 0.4) is 0 Å². The van der Waals surface area contributed by atoms with E-state index in [1.165, 1.54) is 0 Å². The highest BCUT2D eigenvalue weighted by atomic mass is 14.3. The molecular weight excluding hydrogens is 208 g/mol. The van der Waals surface area contributed by atoms with Gasteiger partial charge < -0.3 is 0 Å². The highest BCUT2D eigenvalue weighted by Gasteiger charge is 2.10. The third-order valence-corrected chi connectivity index (χ3v) is 2.72. The largest absolute Gasteiger partial charge is 0.192 e. The van der Waals surface area contributed by atoms with Gasteiger partial charge in [0.1, 0.15) is 6.07 Å². The normalized spacial score (nSPS) is 9.35. The van der Waals surface area contributed by atoms with Gasteiger partial charge in [-0.05, 0) is 18.6 Å². The number of hydrogen-bond acceptors (Lipinski definition) is 2. The van der Waals surface area contributed by atoms with Gasteiger partial charge in [0.25, 0.3) is 0 Å². The lowest BCUT2D eigenvalue weighted by Gasteiger charge is -2.08. The van der Waals surface area contributed by atoms with Crippen LogP contribution in [0, 0.1) is 29.6 Å². The Labute approximate surface area is 100 Å². The van der Waals surface area contributed by atoms with Crippen LogP contribution in [0.25, 0.3) is 11.1 Å². The molecule has 2 nitrogen and oxygen atoms in total. The molecule has 0 atom stereocenters. The van der Waals surface area contributed by atoms with Crippen LogP contribution in [0.1, 0.15) is 16.7 Å². The second kappa shape index (κ2) is 4.51. The molecule has 0 aliphatic rings. The molecule has 2 aromatic rings. The zero-order valence-corrected chi connectivity index (χ0v) is 9.44. The topological polar surface area (TPSA) is 47.6 Å². The number of nitrogens with zero attached hydrogens (tertiary/aromatic N) is 2. The van der Waals surface area contributed by atoms with E-state index in [1.807, 2.05) is 43.3 Å². The Hall–Kier alpha value is -2.58. The summed E-state index contributed by atoms with van der Waals surface area (Å²) in [5, 5.41) is 18.3. The number of rotatable bonds is 1. The monoisotopic (exact) mass is 218 g/mol. The molecule has 0 aliphatic heterocycles. The van der Waals surface area contributed by atoms with Crippen LogP contribution < -0.4 is 0 Å². The van der Waals surface area contributed by atoms with E-state index in [-0.39, 0.29) is 0 Å². The van der Waals surface area contributed by atoms with E-state index in [0.717, 1.165) is 16.7 Å². The molecule has 0 radical (unpaired) electrons. The van der Waals surface area contributed by atoms with E-state index in [9.17, 15) is 5.26 Å². The first-order valence-electron chi connectivity index (χ1n) is 5.27. The zero-order chi connectivity index (χ0) is 12.3. The maximum atomic E-state index is 9.19. The highest BCUT2D eigenvalue weighted by Crippen LogP contribution is 2.28. The summed E-state index contributed by atoms with van der Waals surface area (Å²) < 4.78 is 0. The van der Waals surface area contributed by atoms with E-state index in [2.05, 4.69) is 12.1 Å². The van der Waals surface area contributed by atoms with Crippen molar-refractivity contribution in [3.63, 3.8) is 0 Å². The van der Waals surface area contributed by atoms with Gasteiger partial charge in [-0.15, -0.1) is 0 Å². The lowest BCUT2D eigenvalue weighted by Crippen LogP contribution is -1.90. The number of aryl methyl sites for hydroxylation is 1. The molecule has 2 aromatic carbocycles. The van der Waals surface area contributed by atoms with Gasteiger partial charge in [0.15, 0.2) is 0 Å². The quantitative estimate of drug-likeness (QED) is 0.736. The second-order valence-electron chi connectivity index (χ2n) is 3.77. The number of hydrogen-bond donors (Lipinski definition) is 0. The maximum absolute atomic E-state index is 9.19. The summed E-state index contributed by atoms with van der Waals surface area (Å²) >= 11 is 0. The van der Waals surface area contributed by atoms with E-state index >= 15 is 0 Å². The summed E-state index contributed by atoms with van der Waals surface area (Å²) in [5.41, 5.74) is 3.79. The summed E-state index contributed by atoms with van der Waals surface area (Å²) in [7, 11) is 0. The van der Waals surface area contributed by atoms with Gasteiger partial charge in [0, 0.05) is 11.1 Å². The fraction of sp³-hybridized carbons (Fsp3) is 0.0667. The first-order valence-corrected chi connectivity index (χ1v) is 5.27. The standard InChI is InChI=1S/C15H10N2/c1-11-5-4-8-14(15(11)10-17)13-7-3-2-6-12(13)9-16/h2-8H,1H3. The summed E-state index contributed by atoms with van der Waals surface area (Å²) in [6.45, 7) is 1.90. The molecule has 80 valence electrons. The average Bonchev–Trinajstić information content (AvgIpc) is 2.38. The number of benzene rings is 2. The Bertz CT molecular complexity index is 643. The molecule has 0 aliphatic carbocycles. The van der Waals surface area contributed by atoms with Crippen molar-refractivity contribution in [2.24, 2.45) is 0 Å². The van der Waals surface area contributed by atoms with Crippen LogP contribution in [0.5, 0.6) is 0 Å². The zero-order valence-electron chi connectivity index (χ0n) is 9.44. The molecule has 0 saturated carbocycles. The van der Waals surface area contributed by atoms with Gasteiger partial charge in [-0.3, -0.25) is 0 Å². The molecule has 2 rings (SSSR count). The van der Waals surface area contributed by atoms with E-state index in [4.69, 9.17) is 5.26 Å². The molecule has 0 amide bonds. The summed E-state index contributed by atoms with van der Waals surface area (Å²) in [6, 6.07) is 17.4. The molecular formula is C15H10N2. The lowest BCUT2D eigenvalue weighted by atomic mass is 9.94. The molecule has 0 bridgehead atoms. The van der Waals surface area contributed by atoms with E-state index in [1.54, 1.807) is 6.07 Å². The molecule has 0 spiro atoms. The van der Waals surface area contributed by atoms with Gasteiger partial charge in [0.2, 0.25) is 0 Å². The van der Waals surface area contributed by atoms with Gasteiger partial charge >= 0.3 is 0 Å². The SMILES string of the molecule is Cc1cccc(-c2ccccc2C#N)c1C#N. The van der Waals surface area contributed by atoms with Crippen molar-refractivity contribution in [1.82, 2.24) is 0 Å². The van der Waals surface area contributed by atoms with Gasteiger partial charge in [-0.1, -0.05) is 36.4 Å². The molecule has 0 saturated heterocycles. The first kappa shape index (κ1) is 10.9. The summed E-state index contributed by atoms with van der Waals surface area (Å²) in [5.74, 6) is 0. The fourth-order valence-corrected chi connectivity index (χ4v) is 1.86. The predicted octanol–water partition coefficient (Wildman–Crippen LogP) is 3.41. The number of nitriles is 2. The Morgan fingerprint density at radius 2 is 1.53 bits per heavy atom. The van der Waals surface area contributed by atoms with Crippen molar-refractivity contribution in [3.8, 4) is 23.3 Å². The van der Waals surface area contributed by atoms with Crippen LogP contribution >= 0.6 is 0 Å². The molecule has 0 fully saturated rings. The van der Waals surface area contributed by atoms with Gasteiger partial charge in [-0.25, -0.2) is 0 Å². The smallest absolute Gasteiger partial charge is 0.100 e. The van der Waals surface area contributed by atoms with Crippen molar-refractivity contribution in [1.29, 1.82) is 10.5 Å². The molecule has 0 unspecified atom stereocenters. The van der Waals surface area contributed by atoms with Crippen LogP contribution in [-0.4, -0.2) is 0 Å². The van der Waals surface area contributed by atoms with Crippen molar-refractivity contribution >= 4 is 0 Å². The van der Waals surface area contributed by atoms with Crippen LogP contribution in [0.15, 0.2) is 42.5 Å². The molecule has 2 heteroatoms. The average molecular weight is 218 g/mol. The van der Waals surface area contributed by atoms with E-state index in [0.29, 0.717) is 11.1 Å². The molecule has 0 N–H and O–H groups in total. The third-order valence-electron chi connectivity index (χ3n) is 2.72. The molecule has 0 heterocycles. The minimum absolute atomic E-state index is 0.592. The van der Waals surface area contributed by atoms with Crippen molar-refractivity contribution < 1.29 is 0 Å². The summed E-state index contributed by atoms with van der Waals surface area (Å²) in [6.07, 6.45) is 0. The van der Waals surface area contributed by atoms with Crippen molar-refractivity contribution in [2.75, 3.05) is 0 Å². The molecule has 17 heavy (non-hydrogen) atoms. The minimum Gasteiger partial charge on any atom is -0.192 e. The summed E-state index contributed by atoms with van der Waals surface area (Å²) in [4.78, 5) is 0. The molecule has 0 aromatic heterocycles. The van der Waals surface area contributed by atoms with E-state index < -0.39 is 0 Å². The van der Waals surface area contributed by atoms with Gasteiger partial charge in [-0.2, -0.15) is 10.5 Å². The first-order chi connectivity index (χ1) is 8.27. The highest BCUT2D eigenvalue weighted by molar-refractivity contribution is 5.76. The van der Waals surface area contributed by atoms with Crippen molar-refractivity contribution in [3.05, 3.63) is 59.2 Å².